The number of nitrogens with one attached hydrogen (secondary N) is 1. The third-order valence-corrected chi connectivity index (χ3v) is 3.68. The van der Waals surface area contributed by atoms with E-state index in [2.05, 4.69) is 24.3 Å². The summed E-state index contributed by atoms with van der Waals surface area (Å²) >= 11 is 1.69. The maximum atomic E-state index is 12.0. The Morgan fingerprint density at radius 2 is 2.11 bits per heavy atom. The Balaban J connectivity index is 2.79. The molecule has 6 heteroatoms. The van der Waals surface area contributed by atoms with Gasteiger partial charge in [0.2, 0.25) is 5.91 Å². The summed E-state index contributed by atoms with van der Waals surface area (Å²) in [5.41, 5.74) is 8.46. The predicted octanol–water partition coefficient (Wildman–Crippen LogP) is 2.10. The fourth-order valence-corrected chi connectivity index (χ4v) is 2.43. The Labute approximate surface area is 119 Å². The lowest BCUT2D eigenvalue weighted by molar-refractivity contribution is -0.117. The van der Waals surface area contributed by atoms with Gasteiger partial charge >= 0.3 is 0 Å². The molecule has 0 aliphatic rings. The Morgan fingerprint density at radius 1 is 1.47 bits per heavy atom. The minimum absolute atomic E-state index is 0.136. The molecule has 0 spiro atoms. The van der Waals surface area contributed by atoms with Crippen molar-refractivity contribution in [3.63, 3.8) is 0 Å². The van der Waals surface area contributed by atoms with Gasteiger partial charge in [-0.3, -0.25) is 9.48 Å². The molecule has 0 aliphatic carbocycles. The van der Waals surface area contributed by atoms with Gasteiger partial charge in [-0.15, -0.1) is 0 Å². The number of amides is 1. The molecule has 0 aliphatic heterocycles. The molecule has 1 rings (SSSR count). The largest absolute Gasteiger partial charge is 0.322 e. The highest BCUT2D eigenvalue weighted by Crippen LogP contribution is 2.22. The van der Waals surface area contributed by atoms with Crippen LogP contribution in [-0.2, 0) is 4.79 Å². The van der Waals surface area contributed by atoms with Gasteiger partial charge in [-0.2, -0.15) is 16.9 Å². The van der Waals surface area contributed by atoms with Crippen molar-refractivity contribution in [2.75, 3.05) is 17.3 Å². The minimum atomic E-state index is -0.464. The summed E-state index contributed by atoms with van der Waals surface area (Å²) < 4.78 is 1.92. The molecular formula is C13H24N4OS. The third-order valence-electron chi connectivity index (χ3n) is 3.03. The van der Waals surface area contributed by atoms with Crippen molar-refractivity contribution in [3.8, 4) is 0 Å². The van der Waals surface area contributed by atoms with Gasteiger partial charge in [-0.05, 0) is 46.1 Å². The zero-order valence-electron chi connectivity index (χ0n) is 12.4. The summed E-state index contributed by atoms with van der Waals surface area (Å²) in [4.78, 5) is 12.0. The van der Waals surface area contributed by atoms with Crippen molar-refractivity contribution in [1.82, 2.24) is 9.78 Å². The van der Waals surface area contributed by atoms with Crippen molar-refractivity contribution < 1.29 is 4.79 Å². The van der Waals surface area contributed by atoms with Gasteiger partial charge < -0.3 is 11.1 Å². The summed E-state index contributed by atoms with van der Waals surface area (Å²) in [5, 5.41) is 7.35. The molecule has 0 aromatic carbocycles. The summed E-state index contributed by atoms with van der Waals surface area (Å²) in [6, 6.07) is -0.192. The van der Waals surface area contributed by atoms with E-state index >= 15 is 0 Å². The molecule has 0 fully saturated rings. The van der Waals surface area contributed by atoms with E-state index in [1.165, 1.54) is 0 Å². The second-order valence-corrected chi connectivity index (χ2v) is 5.95. The van der Waals surface area contributed by atoms with Gasteiger partial charge in [0.1, 0.15) is 0 Å². The van der Waals surface area contributed by atoms with Crippen LogP contribution < -0.4 is 11.1 Å². The summed E-state index contributed by atoms with van der Waals surface area (Å²) in [7, 11) is 0. The van der Waals surface area contributed by atoms with E-state index in [9.17, 15) is 4.79 Å². The first-order valence-corrected chi connectivity index (χ1v) is 7.89. The number of carbonyl (C=O) groups is 1. The third kappa shape index (κ3) is 3.98. The van der Waals surface area contributed by atoms with Crippen LogP contribution in [0.1, 0.15) is 37.7 Å². The van der Waals surface area contributed by atoms with E-state index in [0.717, 1.165) is 22.8 Å². The van der Waals surface area contributed by atoms with E-state index in [4.69, 9.17) is 5.73 Å². The van der Waals surface area contributed by atoms with Crippen LogP contribution in [0.15, 0.2) is 0 Å². The lowest BCUT2D eigenvalue weighted by atomic mass is 10.2. The molecule has 108 valence electrons. The van der Waals surface area contributed by atoms with Crippen LogP contribution in [0.2, 0.25) is 0 Å². The Kier molecular flexibility index (Phi) is 5.87. The fraction of sp³-hybridized carbons (Fsp3) is 0.692. The number of thioether (sulfide) groups is 1. The molecule has 1 amide bonds. The first kappa shape index (κ1) is 16.0. The van der Waals surface area contributed by atoms with Gasteiger partial charge in [0, 0.05) is 6.04 Å². The molecular weight excluding hydrogens is 260 g/mol. The van der Waals surface area contributed by atoms with E-state index in [1.807, 2.05) is 24.8 Å². The molecule has 0 saturated heterocycles. The molecule has 1 aromatic rings. The van der Waals surface area contributed by atoms with Gasteiger partial charge in [0.05, 0.1) is 23.1 Å². The van der Waals surface area contributed by atoms with Crippen LogP contribution in [0, 0.1) is 13.8 Å². The monoisotopic (exact) mass is 284 g/mol. The molecule has 0 bridgehead atoms. The number of hydrogen-bond donors (Lipinski definition) is 2. The van der Waals surface area contributed by atoms with E-state index in [1.54, 1.807) is 11.8 Å². The fourth-order valence-electron chi connectivity index (χ4n) is 1.94. The maximum Gasteiger partial charge on any atom is 0.241 e. The van der Waals surface area contributed by atoms with Crippen LogP contribution in [0.3, 0.4) is 0 Å². The van der Waals surface area contributed by atoms with Gasteiger partial charge in [-0.25, -0.2) is 0 Å². The first-order valence-electron chi connectivity index (χ1n) is 6.49. The molecule has 19 heavy (non-hydrogen) atoms. The van der Waals surface area contributed by atoms with E-state index < -0.39 is 6.04 Å². The number of aryl methyl sites for hydroxylation is 1. The Morgan fingerprint density at radius 3 is 2.58 bits per heavy atom. The van der Waals surface area contributed by atoms with Gasteiger partial charge in [-0.1, -0.05) is 0 Å². The van der Waals surface area contributed by atoms with Crippen LogP contribution in [0.25, 0.3) is 0 Å². The van der Waals surface area contributed by atoms with Crippen LogP contribution in [-0.4, -0.2) is 33.7 Å². The van der Waals surface area contributed by atoms with E-state index in [-0.39, 0.29) is 11.9 Å². The van der Waals surface area contributed by atoms with Crippen LogP contribution >= 0.6 is 11.8 Å². The first-order chi connectivity index (χ1) is 8.88. The minimum Gasteiger partial charge on any atom is -0.322 e. The van der Waals surface area contributed by atoms with Crippen molar-refractivity contribution >= 4 is 23.4 Å². The normalized spacial score (nSPS) is 12.8. The van der Waals surface area contributed by atoms with Crippen molar-refractivity contribution in [1.29, 1.82) is 0 Å². The number of hydrogen-bond acceptors (Lipinski definition) is 4. The molecule has 0 radical (unpaired) electrons. The average molecular weight is 284 g/mol. The molecule has 1 atom stereocenters. The number of nitrogens with zero attached hydrogens (tertiary/aromatic N) is 2. The highest BCUT2D eigenvalue weighted by Gasteiger charge is 2.19. The number of nitrogens with two attached hydrogens (primary N) is 1. The summed E-state index contributed by atoms with van der Waals surface area (Å²) in [6.07, 6.45) is 2.69. The average Bonchev–Trinajstić information content (AvgIpc) is 2.63. The maximum absolute atomic E-state index is 12.0. The molecule has 0 saturated carbocycles. The van der Waals surface area contributed by atoms with E-state index in [0.29, 0.717) is 6.42 Å². The second kappa shape index (κ2) is 6.96. The molecule has 1 heterocycles. The molecule has 1 aromatic heterocycles. The zero-order chi connectivity index (χ0) is 14.6. The summed E-state index contributed by atoms with van der Waals surface area (Å²) in [6.45, 7) is 7.99. The molecule has 5 nitrogen and oxygen atoms in total. The Bertz CT molecular complexity index is 442. The molecule has 3 N–H and O–H groups in total. The second-order valence-electron chi connectivity index (χ2n) is 4.96. The zero-order valence-corrected chi connectivity index (χ0v) is 13.2. The standard InChI is InChI=1S/C13H24N4OS/c1-8(2)17-10(4)12(9(3)16-17)15-13(18)11(14)6-7-19-5/h8,11H,6-7,14H2,1-5H3,(H,15,18)/t11-/m0/s1. The van der Waals surface area contributed by atoms with Crippen LogP contribution in [0.5, 0.6) is 0 Å². The number of carbonyl (C=O) groups excluding carboxylic acids is 1. The van der Waals surface area contributed by atoms with Crippen LogP contribution in [0.4, 0.5) is 5.69 Å². The van der Waals surface area contributed by atoms with Crippen molar-refractivity contribution in [2.45, 2.75) is 46.2 Å². The molecule has 0 unspecified atom stereocenters. The number of rotatable bonds is 6. The van der Waals surface area contributed by atoms with Gasteiger partial charge in [0.15, 0.2) is 0 Å². The lowest BCUT2D eigenvalue weighted by Gasteiger charge is -2.12. The highest BCUT2D eigenvalue weighted by atomic mass is 32.2. The highest BCUT2D eigenvalue weighted by molar-refractivity contribution is 7.98. The van der Waals surface area contributed by atoms with Gasteiger partial charge in [0.25, 0.3) is 0 Å². The predicted molar refractivity (Wildman–Crippen MR) is 81.7 cm³/mol. The summed E-state index contributed by atoms with van der Waals surface area (Å²) in [5.74, 6) is 0.751. The number of aromatic nitrogens is 2. The Hall–Kier alpha value is -1.01. The topological polar surface area (TPSA) is 72.9 Å². The number of anilines is 1. The van der Waals surface area contributed by atoms with Crippen molar-refractivity contribution in [3.05, 3.63) is 11.4 Å². The smallest absolute Gasteiger partial charge is 0.241 e. The SMILES string of the molecule is CSCC[C@H](N)C(=O)Nc1c(C)nn(C(C)C)c1C. The quantitative estimate of drug-likeness (QED) is 0.839. The lowest BCUT2D eigenvalue weighted by Crippen LogP contribution is -2.36. The van der Waals surface area contributed by atoms with Crippen molar-refractivity contribution in [2.24, 2.45) is 5.73 Å².